The van der Waals surface area contributed by atoms with Gasteiger partial charge in [0.1, 0.15) is 0 Å². The first-order valence-electron chi connectivity index (χ1n) is 7.43. The van der Waals surface area contributed by atoms with E-state index in [1.165, 1.54) is 24.8 Å². The predicted molar refractivity (Wildman–Crippen MR) is 77.6 cm³/mol. The molecule has 1 aromatic rings. The van der Waals surface area contributed by atoms with E-state index in [0.717, 1.165) is 32.1 Å². The molecule has 1 N–H and O–H groups in total. The number of nitrogens with one attached hydrogen (secondary N) is 1. The van der Waals surface area contributed by atoms with Crippen LogP contribution in [-0.4, -0.2) is 36.0 Å². The number of nitro groups is 1. The van der Waals surface area contributed by atoms with Crippen molar-refractivity contribution >= 4 is 5.69 Å². The van der Waals surface area contributed by atoms with Crippen LogP contribution in [-0.2, 0) is 0 Å². The van der Waals surface area contributed by atoms with Gasteiger partial charge in [0.25, 0.3) is 5.69 Å². The molecule has 3 rings (SSSR count). The van der Waals surface area contributed by atoms with Crippen LogP contribution < -0.4 is 5.32 Å². The molecule has 5 nitrogen and oxygen atoms in total. The maximum Gasteiger partial charge on any atom is 0.269 e. The lowest BCUT2D eigenvalue weighted by atomic mass is 9.98. The third-order valence-electron chi connectivity index (χ3n) is 4.33. The van der Waals surface area contributed by atoms with Crippen LogP contribution in [0, 0.1) is 16.0 Å². The van der Waals surface area contributed by atoms with Gasteiger partial charge in [-0.3, -0.25) is 15.0 Å². The number of nitro benzene ring substituents is 1. The fraction of sp³-hybridized carbons (Fsp3) is 0.600. The molecule has 20 heavy (non-hydrogen) atoms. The molecule has 0 amide bonds. The average molecular weight is 275 g/mol. The summed E-state index contributed by atoms with van der Waals surface area (Å²) in [5.74, 6) is 0.852. The van der Waals surface area contributed by atoms with E-state index in [0.29, 0.717) is 6.04 Å². The molecule has 1 saturated carbocycles. The Labute approximate surface area is 119 Å². The van der Waals surface area contributed by atoms with Crippen LogP contribution in [0.5, 0.6) is 0 Å². The average Bonchev–Trinajstić information content (AvgIpc) is 3.30. The van der Waals surface area contributed by atoms with Crippen LogP contribution in [0.3, 0.4) is 0 Å². The van der Waals surface area contributed by atoms with Crippen LogP contribution in [0.15, 0.2) is 24.3 Å². The van der Waals surface area contributed by atoms with Gasteiger partial charge in [-0.15, -0.1) is 0 Å². The highest BCUT2D eigenvalue weighted by Gasteiger charge is 2.30. The molecular weight excluding hydrogens is 254 g/mol. The molecule has 1 atom stereocenters. The Kier molecular flexibility index (Phi) is 3.98. The number of nitrogens with zero attached hydrogens (tertiary/aromatic N) is 2. The molecule has 1 aromatic carbocycles. The lowest BCUT2D eigenvalue weighted by Crippen LogP contribution is -2.45. The highest BCUT2D eigenvalue weighted by atomic mass is 16.6. The van der Waals surface area contributed by atoms with E-state index >= 15 is 0 Å². The molecule has 108 valence electrons. The first-order chi connectivity index (χ1) is 9.74. The highest BCUT2D eigenvalue weighted by molar-refractivity contribution is 5.34. The Morgan fingerprint density at radius 2 is 1.90 bits per heavy atom. The molecule has 0 unspecified atom stereocenters. The third-order valence-corrected chi connectivity index (χ3v) is 4.33. The van der Waals surface area contributed by atoms with Crippen LogP contribution in [0.25, 0.3) is 0 Å². The minimum absolute atomic E-state index is 0.180. The first kappa shape index (κ1) is 13.5. The largest absolute Gasteiger partial charge is 0.314 e. The van der Waals surface area contributed by atoms with Gasteiger partial charge in [-0.2, -0.15) is 0 Å². The van der Waals surface area contributed by atoms with Crippen molar-refractivity contribution in [3.05, 3.63) is 39.9 Å². The van der Waals surface area contributed by atoms with Crippen LogP contribution in [0.4, 0.5) is 5.69 Å². The molecule has 1 aliphatic heterocycles. The Bertz CT molecular complexity index is 465. The Balaban J connectivity index is 1.77. The molecule has 2 fully saturated rings. The zero-order valence-corrected chi connectivity index (χ0v) is 11.6. The normalized spacial score (nSPS) is 21.6. The number of hydrogen-bond donors (Lipinski definition) is 1. The van der Waals surface area contributed by atoms with Crippen molar-refractivity contribution in [1.82, 2.24) is 10.2 Å². The second-order valence-electron chi connectivity index (χ2n) is 5.83. The van der Waals surface area contributed by atoms with Gasteiger partial charge in [-0.05, 0) is 17.9 Å². The molecule has 0 radical (unpaired) electrons. The smallest absolute Gasteiger partial charge is 0.269 e. The van der Waals surface area contributed by atoms with Crippen molar-refractivity contribution in [2.24, 2.45) is 5.92 Å². The highest BCUT2D eigenvalue weighted by Crippen LogP contribution is 2.40. The first-order valence-corrected chi connectivity index (χ1v) is 7.43. The second kappa shape index (κ2) is 5.89. The summed E-state index contributed by atoms with van der Waals surface area (Å²) < 4.78 is 0. The minimum atomic E-state index is -0.329. The number of non-ortho nitro benzene ring substituents is 1. The summed E-state index contributed by atoms with van der Waals surface area (Å²) in [4.78, 5) is 13.0. The lowest BCUT2D eigenvalue weighted by molar-refractivity contribution is -0.384. The maximum atomic E-state index is 10.8. The van der Waals surface area contributed by atoms with E-state index in [-0.39, 0.29) is 10.6 Å². The quantitative estimate of drug-likeness (QED) is 0.662. The number of rotatable bonds is 5. The van der Waals surface area contributed by atoms with Crippen molar-refractivity contribution in [1.29, 1.82) is 0 Å². The Hall–Kier alpha value is -1.46. The molecule has 2 aliphatic rings. The number of piperazine rings is 1. The van der Waals surface area contributed by atoms with Crippen molar-refractivity contribution in [3.8, 4) is 0 Å². The van der Waals surface area contributed by atoms with E-state index in [1.807, 2.05) is 12.1 Å². The fourth-order valence-electron chi connectivity index (χ4n) is 2.98. The van der Waals surface area contributed by atoms with E-state index < -0.39 is 0 Å². The lowest BCUT2D eigenvalue weighted by Gasteiger charge is -2.35. The van der Waals surface area contributed by atoms with Crippen LogP contribution in [0.1, 0.15) is 30.9 Å². The zero-order valence-electron chi connectivity index (χ0n) is 11.6. The summed E-state index contributed by atoms with van der Waals surface area (Å²) >= 11 is 0. The molecule has 5 heteroatoms. The van der Waals surface area contributed by atoms with Crippen molar-refractivity contribution < 1.29 is 4.92 Å². The third kappa shape index (κ3) is 3.16. The summed E-state index contributed by atoms with van der Waals surface area (Å²) in [5, 5.41) is 14.1. The van der Waals surface area contributed by atoms with Gasteiger partial charge in [-0.25, -0.2) is 0 Å². The van der Waals surface area contributed by atoms with Crippen molar-refractivity contribution in [2.45, 2.75) is 25.3 Å². The monoisotopic (exact) mass is 275 g/mol. The molecule has 1 aliphatic carbocycles. The van der Waals surface area contributed by atoms with Gasteiger partial charge in [-0.1, -0.05) is 25.0 Å². The van der Waals surface area contributed by atoms with Gasteiger partial charge in [0.05, 0.1) is 4.92 Å². The fourth-order valence-corrected chi connectivity index (χ4v) is 2.98. The molecular formula is C15H21N3O2. The van der Waals surface area contributed by atoms with Crippen molar-refractivity contribution in [2.75, 3.05) is 26.2 Å². The SMILES string of the molecule is O=[N+]([O-])c1ccc([C@H](CC2CC2)N2CCNCC2)cc1. The van der Waals surface area contributed by atoms with E-state index in [2.05, 4.69) is 10.2 Å². The van der Waals surface area contributed by atoms with E-state index in [4.69, 9.17) is 0 Å². The van der Waals surface area contributed by atoms with Gasteiger partial charge < -0.3 is 5.32 Å². The van der Waals surface area contributed by atoms with Gasteiger partial charge >= 0.3 is 0 Å². The minimum Gasteiger partial charge on any atom is -0.314 e. The molecule has 0 spiro atoms. The predicted octanol–water partition coefficient (Wildman–Crippen LogP) is 2.34. The Morgan fingerprint density at radius 1 is 1.25 bits per heavy atom. The van der Waals surface area contributed by atoms with Crippen LogP contribution >= 0.6 is 0 Å². The van der Waals surface area contributed by atoms with E-state index in [9.17, 15) is 10.1 Å². The molecule has 0 bridgehead atoms. The number of hydrogen-bond acceptors (Lipinski definition) is 4. The molecule has 0 aromatic heterocycles. The summed E-state index contributed by atoms with van der Waals surface area (Å²) in [6.07, 6.45) is 3.88. The van der Waals surface area contributed by atoms with Gasteiger partial charge in [0, 0.05) is 44.4 Å². The summed E-state index contributed by atoms with van der Waals surface area (Å²) in [6, 6.07) is 7.57. The van der Waals surface area contributed by atoms with Gasteiger partial charge in [0.15, 0.2) is 0 Å². The second-order valence-corrected chi connectivity index (χ2v) is 5.83. The van der Waals surface area contributed by atoms with Crippen molar-refractivity contribution in [3.63, 3.8) is 0 Å². The Morgan fingerprint density at radius 3 is 2.45 bits per heavy atom. The number of benzene rings is 1. The standard InChI is InChI=1S/C15H21N3O2/c19-18(20)14-5-3-13(4-6-14)15(11-12-1-2-12)17-9-7-16-8-10-17/h3-6,12,15-16H,1-2,7-11H2/t15-/m0/s1. The summed E-state index contributed by atoms with van der Waals surface area (Å²) in [5.41, 5.74) is 1.41. The summed E-state index contributed by atoms with van der Waals surface area (Å²) in [6.45, 7) is 4.20. The maximum absolute atomic E-state index is 10.8. The van der Waals surface area contributed by atoms with Crippen LogP contribution in [0.2, 0.25) is 0 Å². The zero-order chi connectivity index (χ0) is 13.9. The molecule has 1 saturated heterocycles. The molecule has 1 heterocycles. The topological polar surface area (TPSA) is 58.4 Å². The summed E-state index contributed by atoms with van der Waals surface area (Å²) in [7, 11) is 0. The van der Waals surface area contributed by atoms with Gasteiger partial charge in [0.2, 0.25) is 0 Å². The van der Waals surface area contributed by atoms with E-state index in [1.54, 1.807) is 12.1 Å².